The number of nitrogens with zero attached hydrogens (tertiary/aromatic N) is 1. The number of ketones is 1. The molecule has 0 spiro atoms. The van der Waals surface area contributed by atoms with Gasteiger partial charge in [-0.2, -0.15) is 0 Å². The summed E-state index contributed by atoms with van der Waals surface area (Å²) in [6, 6.07) is 3.39. The average Bonchev–Trinajstić information content (AvgIpc) is 2.18. The Morgan fingerprint density at radius 2 is 2.15 bits per heavy atom. The maximum Gasteiger partial charge on any atom is 0.149 e. The molecule has 1 atom stereocenters. The summed E-state index contributed by atoms with van der Waals surface area (Å²) < 4.78 is 0. The number of nitrogens with two attached hydrogens (primary N) is 1. The maximum atomic E-state index is 11.2. The largest absolute Gasteiger partial charge is 0.321 e. The Balaban J connectivity index is 2.55. The van der Waals surface area contributed by atoms with Crippen molar-refractivity contribution < 1.29 is 4.79 Å². The molecule has 0 aromatic carbocycles. The number of carbonyl (C=O) groups excluding carboxylic acids is 1. The van der Waals surface area contributed by atoms with Gasteiger partial charge in [0.15, 0.2) is 0 Å². The van der Waals surface area contributed by atoms with E-state index in [1.54, 1.807) is 12.4 Å². The van der Waals surface area contributed by atoms with Gasteiger partial charge in [-0.25, -0.2) is 0 Å². The van der Waals surface area contributed by atoms with E-state index >= 15 is 0 Å². The zero-order chi connectivity index (χ0) is 9.68. The highest BCUT2D eigenvalue weighted by atomic mass is 16.1. The molecular formula is C10H14N2O. The molecule has 0 aliphatic rings. The van der Waals surface area contributed by atoms with Gasteiger partial charge < -0.3 is 5.73 Å². The molecule has 0 fully saturated rings. The van der Waals surface area contributed by atoms with E-state index in [1.807, 2.05) is 19.1 Å². The van der Waals surface area contributed by atoms with E-state index in [4.69, 9.17) is 5.73 Å². The van der Waals surface area contributed by atoms with Crippen molar-refractivity contribution in [1.29, 1.82) is 0 Å². The van der Waals surface area contributed by atoms with E-state index in [0.717, 1.165) is 5.56 Å². The van der Waals surface area contributed by atoms with Crippen LogP contribution in [0.1, 0.15) is 18.9 Å². The monoisotopic (exact) mass is 178 g/mol. The molecule has 0 aliphatic heterocycles. The van der Waals surface area contributed by atoms with Crippen molar-refractivity contribution >= 4 is 5.78 Å². The van der Waals surface area contributed by atoms with Gasteiger partial charge in [0.1, 0.15) is 5.78 Å². The Morgan fingerprint density at radius 1 is 1.54 bits per heavy atom. The molecule has 0 unspecified atom stereocenters. The molecule has 3 nitrogen and oxygen atoms in total. The summed E-state index contributed by atoms with van der Waals surface area (Å²) in [5, 5.41) is 0. The number of carbonyl (C=O) groups is 1. The third kappa shape index (κ3) is 2.95. The number of pyridine rings is 1. The highest BCUT2D eigenvalue weighted by molar-refractivity contribution is 5.83. The Labute approximate surface area is 78.0 Å². The Hall–Kier alpha value is -1.22. The second kappa shape index (κ2) is 4.72. The summed E-state index contributed by atoms with van der Waals surface area (Å²) in [6.07, 6.45) is 4.53. The van der Waals surface area contributed by atoms with Crippen LogP contribution in [-0.4, -0.2) is 16.8 Å². The van der Waals surface area contributed by atoms with Crippen LogP contribution in [0.2, 0.25) is 0 Å². The van der Waals surface area contributed by atoms with Crippen molar-refractivity contribution in [3.05, 3.63) is 30.1 Å². The second-order valence-corrected chi connectivity index (χ2v) is 2.99. The van der Waals surface area contributed by atoms with Gasteiger partial charge in [-0.3, -0.25) is 9.78 Å². The van der Waals surface area contributed by atoms with Crippen molar-refractivity contribution in [2.24, 2.45) is 5.73 Å². The lowest BCUT2D eigenvalue weighted by Gasteiger charge is -2.08. The van der Waals surface area contributed by atoms with Crippen LogP contribution in [0.3, 0.4) is 0 Å². The fourth-order valence-corrected chi connectivity index (χ4v) is 1.15. The summed E-state index contributed by atoms with van der Waals surface area (Å²) in [6.45, 7) is 1.83. The summed E-state index contributed by atoms with van der Waals surface area (Å²) >= 11 is 0. The molecule has 0 aliphatic carbocycles. The molecule has 0 saturated heterocycles. The highest BCUT2D eigenvalue weighted by Gasteiger charge is 2.10. The number of hydrogen-bond acceptors (Lipinski definition) is 3. The molecular weight excluding hydrogens is 164 g/mol. The molecule has 13 heavy (non-hydrogen) atoms. The highest BCUT2D eigenvalue weighted by Crippen LogP contribution is 2.01. The summed E-state index contributed by atoms with van der Waals surface area (Å²) in [5.74, 6) is 0.108. The van der Waals surface area contributed by atoms with E-state index in [2.05, 4.69) is 4.98 Å². The third-order valence-electron chi connectivity index (χ3n) is 1.97. The number of aromatic nitrogens is 1. The quantitative estimate of drug-likeness (QED) is 0.746. The van der Waals surface area contributed by atoms with Crippen molar-refractivity contribution in [3.8, 4) is 0 Å². The van der Waals surface area contributed by atoms with Crippen molar-refractivity contribution in [2.75, 3.05) is 0 Å². The standard InChI is InChI=1S/C10H14N2O/c1-2-10(13)9(11)7-8-3-5-12-6-4-8/h3-6,9H,2,7,11H2,1H3/t9-/m0/s1. The first-order chi connectivity index (χ1) is 6.24. The van der Waals surface area contributed by atoms with Crippen LogP contribution in [0.25, 0.3) is 0 Å². The van der Waals surface area contributed by atoms with Gasteiger partial charge in [0.05, 0.1) is 6.04 Å². The molecule has 1 aromatic heterocycles. The molecule has 0 saturated carbocycles. The SMILES string of the molecule is CCC(=O)[C@@H](N)Cc1ccncc1. The number of hydrogen-bond donors (Lipinski definition) is 1. The lowest BCUT2D eigenvalue weighted by atomic mass is 10.0. The molecule has 0 radical (unpaired) electrons. The van der Waals surface area contributed by atoms with Gasteiger partial charge in [0.25, 0.3) is 0 Å². The summed E-state index contributed by atoms with van der Waals surface area (Å²) in [4.78, 5) is 15.1. The van der Waals surface area contributed by atoms with Crippen LogP contribution in [0, 0.1) is 0 Å². The van der Waals surface area contributed by atoms with E-state index < -0.39 is 0 Å². The van der Waals surface area contributed by atoms with Gasteiger partial charge in [-0.1, -0.05) is 6.92 Å². The molecule has 70 valence electrons. The van der Waals surface area contributed by atoms with Gasteiger partial charge in [-0.05, 0) is 24.1 Å². The smallest absolute Gasteiger partial charge is 0.149 e. The van der Waals surface area contributed by atoms with E-state index in [1.165, 1.54) is 0 Å². The third-order valence-corrected chi connectivity index (χ3v) is 1.97. The van der Waals surface area contributed by atoms with E-state index in [9.17, 15) is 4.79 Å². The zero-order valence-corrected chi connectivity index (χ0v) is 7.73. The minimum absolute atomic E-state index is 0.108. The predicted octanol–water partition coefficient (Wildman–Crippen LogP) is 0.930. The summed E-state index contributed by atoms with van der Waals surface area (Å²) in [5.41, 5.74) is 6.75. The molecule has 0 amide bonds. The molecule has 1 heterocycles. The first-order valence-electron chi connectivity index (χ1n) is 4.41. The van der Waals surface area contributed by atoms with Gasteiger partial charge >= 0.3 is 0 Å². The van der Waals surface area contributed by atoms with Crippen LogP contribution < -0.4 is 5.73 Å². The average molecular weight is 178 g/mol. The van der Waals surface area contributed by atoms with E-state index in [-0.39, 0.29) is 11.8 Å². The van der Waals surface area contributed by atoms with Crippen molar-refractivity contribution in [2.45, 2.75) is 25.8 Å². The predicted molar refractivity (Wildman–Crippen MR) is 51.2 cm³/mol. The molecule has 1 rings (SSSR count). The number of Topliss-reactive ketones (excluding diaryl/α,β-unsaturated/α-hetero) is 1. The second-order valence-electron chi connectivity index (χ2n) is 2.99. The Morgan fingerprint density at radius 3 is 2.69 bits per heavy atom. The summed E-state index contributed by atoms with van der Waals surface area (Å²) in [7, 11) is 0. The van der Waals surface area contributed by atoms with E-state index in [0.29, 0.717) is 12.8 Å². The van der Waals surface area contributed by atoms with Gasteiger partial charge in [0.2, 0.25) is 0 Å². The Kier molecular flexibility index (Phi) is 3.58. The fraction of sp³-hybridized carbons (Fsp3) is 0.400. The topological polar surface area (TPSA) is 56.0 Å². The molecule has 3 heteroatoms. The van der Waals surface area contributed by atoms with Crippen LogP contribution in [0.15, 0.2) is 24.5 Å². The number of rotatable bonds is 4. The van der Waals surface area contributed by atoms with Crippen LogP contribution >= 0.6 is 0 Å². The lowest BCUT2D eigenvalue weighted by molar-refractivity contribution is -0.119. The first-order valence-corrected chi connectivity index (χ1v) is 4.41. The van der Waals surface area contributed by atoms with Gasteiger partial charge in [0, 0.05) is 18.8 Å². The van der Waals surface area contributed by atoms with Crippen LogP contribution in [0.5, 0.6) is 0 Å². The minimum Gasteiger partial charge on any atom is -0.321 e. The Bertz CT molecular complexity index is 272. The minimum atomic E-state index is -0.368. The van der Waals surface area contributed by atoms with Crippen molar-refractivity contribution in [3.63, 3.8) is 0 Å². The normalized spacial score (nSPS) is 12.5. The first kappa shape index (κ1) is 9.86. The van der Waals surface area contributed by atoms with Crippen molar-refractivity contribution in [1.82, 2.24) is 4.98 Å². The zero-order valence-electron chi connectivity index (χ0n) is 7.73. The molecule has 2 N–H and O–H groups in total. The molecule has 0 bridgehead atoms. The fourth-order valence-electron chi connectivity index (χ4n) is 1.15. The molecule has 1 aromatic rings. The van der Waals surface area contributed by atoms with Crippen LogP contribution in [-0.2, 0) is 11.2 Å². The van der Waals surface area contributed by atoms with Gasteiger partial charge in [-0.15, -0.1) is 0 Å². The lowest BCUT2D eigenvalue weighted by Crippen LogP contribution is -2.32. The maximum absolute atomic E-state index is 11.2. The van der Waals surface area contributed by atoms with Crippen LogP contribution in [0.4, 0.5) is 0 Å².